The van der Waals surface area contributed by atoms with Crippen LogP contribution in [0.25, 0.3) is 17.0 Å². The van der Waals surface area contributed by atoms with Gasteiger partial charge in [-0.3, -0.25) is 4.90 Å². The van der Waals surface area contributed by atoms with E-state index < -0.39 is 5.97 Å². The molecule has 1 aliphatic rings. The van der Waals surface area contributed by atoms with Gasteiger partial charge in [0, 0.05) is 32.4 Å². The fourth-order valence-electron chi connectivity index (χ4n) is 2.98. The number of halogens is 1. The van der Waals surface area contributed by atoms with Gasteiger partial charge >= 0.3 is 5.97 Å². The summed E-state index contributed by atoms with van der Waals surface area (Å²) in [7, 11) is 0. The second-order valence-electron chi connectivity index (χ2n) is 6.27. The highest BCUT2D eigenvalue weighted by atomic mass is 35.5. The molecule has 1 saturated heterocycles. The summed E-state index contributed by atoms with van der Waals surface area (Å²) in [5.74, 6) is -0.605. The van der Waals surface area contributed by atoms with Crippen LogP contribution in [-0.4, -0.2) is 75.1 Å². The first-order valence-electron chi connectivity index (χ1n) is 8.62. The molecule has 1 aromatic carbocycles. The van der Waals surface area contributed by atoms with Gasteiger partial charge in [0.1, 0.15) is 0 Å². The molecular weight excluding hydrogens is 372 g/mol. The first-order chi connectivity index (χ1) is 13.1. The topological polar surface area (TPSA) is 108 Å². The number of aromatic amines is 1. The van der Waals surface area contributed by atoms with E-state index in [9.17, 15) is 4.79 Å². The van der Waals surface area contributed by atoms with E-state index in [1.807, 2.05) is 6.07 Å². The molecule has 3 heterocycles. The second kappa shape index (κ2) is 7.55. The van der Waals surface area contributed by atoms with Gasteiger partial charge in [0.05, 0.1) is 46.7 Å². The van der Waals surface area contributed by atoms with Gasteiger partial charge < -0.3 is 20.1 Å². The molecule has 0 unspecified atom stereocenters. The molecule has 0 aliphatic carbocycles. The zero-order chi connectivity index (χ0) is 18.8. The van der Waals surface area contributed by atoms with Crippen LogP contribution in [0.15, 0.2) is 24.5 Å². The molecule has 27 heavy (non-hydrogen) atoms. The number of aromatic nitrogens is 4. The Bertz CT molecular complexity index is 963. The number of nitrogens with zero attached hydrogens (tertiary/aromatic N) is 4. The maximum Gasteiger partial charge on any atom is 0.338 e. The number of ether oxygens (including phenoxy) is 1. The number of imidazole rings is 1. The van der Waals surface area contributed by atoms with Gasteiger partial charge in [0.2, 0.25) is 5.95 Å². The number of benzene rings is 1. The van der Waals surface area contributed by atoms with Crippen molar-refractivity contribution in [3.8, 4) is 5.95 Å². The maximum absolute atomic E-state index is 11.0. The molecule has 1 fully saturated rings. The molecule has 2 aromatic heterocycles. The highest BCUT2D eigenvalue weighted by Crippen LogP contribution is 2.27. The van der Waals surface area contributed by atoms with Crippen molar-refractivity contribution in [3.63, 3.8) is 0 Å². The average Bonchev–Trinajstić information content (AvgIpc) is 3.29. The lowest BCUT2D eigenvalue weighted by Gasteiger charge is -2.26. The highest BCUT2D eigenvalue weighted by Gasteiger charge is 2.13. The first-order valence-corrected chi connectivity index (χ1v) is 8.99. The fraction of sp³-hybridized carbons (Fsp3) is 0.353. The molecule has 3 aromatic rings. The summed E-state index contributed by atoms with van der Waals surface area (Å²) in [4.78, 5) is 20.9. The predicted octanol–water partition coefficient (Wildman–Crippen LogP) is 1.84. The summed E-state index contributed by atoms with van der Waals surface area (Å²) < 4.78 is 6.74. The van der Waals surface area contributed by atoms with Gasteiger partial charge in [-0.15, -0.1) is 0 Å². The minimum Gasteiger partial charge on any atom is -0.478 e. The zero-order valence-electron chi connectivity index (χ0n) is 14.5. The highest BCUT2D eigenvalue weighted by molar-refractivity contribution is 6.34. The Kier molecular flexibility index (Phi) is 4.97. The van der Waals surface area contributed by atoms with E-state index in [1.165, 1.54) is 17.1 Å². The number of hydrogen-bond acceptors (Lipinski definition) is 6. The Labute approximate surface area is 159 Å². The van der Waals surface area contributed by atoms with Crippen LogP contribution in [0.2, 0.25) is 5.02 Å². The number of anilines is 1. The quantitative estimate of drug-likeness (QED) is 0.589. The summed E-state index contributed by atoms with van der Waals surface area (Å²) >= 11 is 6.38. The number of morpholine rings is 1. The third kappa shape index (κ3) is 3.90. The summed E-state index contributed by atoms with van der Waals surface area (Å²) in [6.45, 7) is 5.12. The number of H-pyrrole nitrogens is 1. The molecule has 0 saturated carbocycles. The van der Waals surface area contributed by atoms with E-state index in [0.717, 1.165) is 56.1 Å². The summed E-state index contributed by atoms with van der Waals surface area (Å²) in [5.41, 5.74) is 2.37. The third-order valence-electron chi connectivity index (χ3n) is 4.45. The van der Waals surface area contributed by atoms with Crippen LogP contribution in [-0.2, 0) is 4.74 Å². The van der Waals surface area contributed by atoms with Crippen molar-refractivity contribution in [1.29, 1.82) is 0 Å². The number of nitrogens with one attached hydrogen (secondary N) is 2. The van der Waals surface area contributed by atoms with E-state index in [1.54, 1.807) is 6.07 Å². The average molecular weight is 391 g/mol. The van der Waals surface area contributed by atoms with Gasteiger partial charge in [0.25, 0.3) is 0 Å². The van der Waals surface area contributed by atoms with Gasteiger partial charge in [-0.1, -0.05) is 11.6 Å². The molecular formula is C17H19ClN6O3. The molecule has 0 amide bonds. The van der Waals surface area contributed by atoms with Gasteiger partial charge in [-0.25, -0.2) is 14.5 Å². The number of fused-ring (bicyclic) bond motifs is 1. The molecule has 10 heteroatoms. The van der Waals surface area contributed by atoms with Crippen LogP contribution in [0.5, 0.6) is 0 Å². The lowest BCUT2D eigenvalue weighted by molar-refractivity contribution is 0.0398. The molecule has 0 atom stereocenters. The minimum absolute atomic E-state index is 0.0963. The number of aromatic carboxylic acids is 1. The first kappa shape index (κ1) is 17.8. The number of hydrogen-bond donors (Lipinski definition) is 3. The van der Waals surface area contributed by atoms with Crippen molar-refractivity contribution < 1.29 is 14.6 Å². The molecule has 0 bridgehead atoms. The lowest BCUT2D eigenvalue weighted by atomic mass is 10.2. The Hall–Kier alpha value is -2.62. The van der Waals surface area contributed by atoms with Crippen molar-refractivity contribution in [2.24, 2.45) is 0 Å². The largest absolute Gasteiger partial charge is 0.478 e. The van der Waals surface area contributed by atoms with Crippen LogP contribution in [0.3, 0.4) is 0 Å². The summed E-state index contributed by atoms with van der Waals surface area (Å²) in [6, 6.07) is 3.67. The van der Waals surface area contributed by atoms with Crippen molar-refractivity contribution >= 4 is 34.3 Å². The molecule has 0 radical (unpaired) electrons. The molecule has 1 aliphatic heterocycles. The SMILES string of the molecule is O=C(O)c1cnn(-c2nc3cc(NCCN4CCOCC4)c(Cl)cc3[nH]2)c1. The van der Waals surface area contributed by atoms with E-state index in [4.69, 9.17) is 21.4 Å². The number of carbonyl (C=O) groups is 1. The van der Waals surface area contributed by atoms with E-state index in [2.05, 4.69) is 25.3 Å². The lowest BCUT2D eigenvalue weighted by Crippen LogP contribution is -2.39. The van der Waals surface area contributed by atoms with Crippen LogP contribution >= 0.6 is 11.6 Å². The van der Waals surface area contributed by atoms with Crippen LogP contribution < -0.4 is 5.32 Å². The molecule has 3 N–H and O–H groups in total. The van der Waals surface area contributed by atoms with Crippen LogP contribution in [0.4, 0.5) is 5.69 Å². The Morgan fingerprint density at radius 3 is 2.93 bits per heavy atom. The summed E-state index contributed by atoms with van der Waals surface area (Å²) in [6.07, 6.45) is 2.68. The molecule has 9 nitrogen and oxygen atoms in total. The van der Waals surface area contributed by atoms with Gasteiger partial charge in [-0.05, 0) is 12.1 Å². The van der Waals surface area contributed by atoms with Crippen molar-refractivity contribution in [1.82, 2.24) is 24.6 Å². The minimum atomic E-state index is -1.04. The summed E-state index contributed by atoms with van der Waals surface area (Å²) in [5, 5.41) is 17.0. The van der Waals surface area contributed by atoms with Crippen molar-refractivity contribution in [2.45, 2.75) is 0 Å². The van der Waals surface area contributed by atoms with Crippen molar-refractivity contribution in [3.05, 3.63) is 35.1 Å². The molecule has 142 valence electrons. The molecule has 0 spiro atoms. The van der Waals surface area contributed by atoms with Crippen molar-refractivity contribution in [2.75, 3.05) is 44.7 Å². The fourth-order valence-corrected chi connectivity index (χ4v) is 3.21. The number of carboxylic acids is 1. The smallest absolute Gasteiger partial charge is 0.338 e. The predicted molar refractivity (Wildman–Crippen MR) is 101 cm³/mol. The van der Waals surface area contributed by atoms with Crippen LogP contribution in [0, 0.1) is 0 Å². The number of carboxylic acid groups (broad SMARTS) is 1. The Morgan fingerprint density at radius 1 is 1.37 bits per heavy atom. The van der Waals surface area contributed by atoms with E-state index in [0.29, 0.717) is 11.0 Å². The van der Waals surface area contributed by atoms with Gasteiger partial charge in [-0.2, -0.15) is 5.10 Å². The van der Waals surface area contributed by atoms with Crippen LogP contribution in [0.1, 0.15) is 10.4 Å². The zero-order valence-corrected chi connectivity index (χ0v) is 15.2. The second-order valence-corrected chi connectivity index (χ2v) is 6.68. The Morgan fingerprint density at radius 2 is 2.19 bits per heavy atom. The number of rotatable bonds is 6. The monoisotopic (exact) mass is 390 g/mol. The molecule has 4 rings (SSSR count). The normalized spacial score (nSPS) is 15.3. The third-order valence-corrected chi connectivity index (χ3v) is 4.76. The maximum atomic E-state index is 11.0. The van der Waals surface area contributed by atoms with E-state index in [-0.39, 0.29) is 5.56 Å². The van der Waals surface area contributed by atoms with Gasteiger partial charge in [0.15, 0.2) is 0 Å². The van der Waals surface area contributed by atoms with E-state index >= 15 is 0 Å². The Balaban J connectivity index is 1.49. The standard InChI is InChI=1S/C17H19ClN6O3/c18-12-7-14-15(8-13(12)19-1-2-23-3-5-27-6-4-23)22-17(21-14)24-10-11(9-20-24)16(25)26/h7-10,19H,1-6H2,(H,21,22)(H,25,26).